The van der Waals surface area contributed by atoms with Gasteiger partial charge in [0.15, 0.2) is 23.9 Å². The maximum Gasteiger partial charge on any atom is 0.341 e. The van der Waals surface area contributed by atoms with Gasteiger partial charge in [-0.25, -0.2) is 4.79 Å². The van der Waals surface area contributed by atoms with E-state index in [0.717, 1.165) is 5.56 Å². The SMILES string of the molecule is Br.CCOc1cc2c(cc1C(=O)NC)C(=N)N(CC(=O)c1cc(OCCCCO)c(OCC(=O)O)c(C(C)(C)C)c1)C2. The van der Waals surface area contributed by atoms with Gasteiger partial charge < -0.3 is 34.6 Å². The highest BCUT2D eigenvalue weighted by molar-refractivity contribution is 8.93. The maximum absolute atomic E-state index is 13.6. The molecule has 0 bridgehead atoms. The molecular formula is C30H40BrN3O8. The lowest BCUT2D eigenvalue weighted by molar-refractivity contribution is -0.139. The number of carboxylic acid groups (broad SMARTS) is 1. The molecule has 1 aliphatic heterocycles. The first-order chi connectivity index (χ1) is 19.4. The Labute approximate surface area is 256 Å². The topological polar surface area (TPSA) is 158 Å². The van der Waals surface area contributed by atoms with Crippen LogP contribution in [-0.2, 0) is 16.8 Å². The van der Waals surface area contributed by atoms with Gasteiger partial charge in [0.1, 0.15) is 11.6 Å². The first-order valence-electron chi connectivity index (χ1n) is 13.6. The molecule has 12 heteroatoms. The normalized spacial score (nSPS) is 12.3. The summed E-state index contributed by atoms with van der Waals surface area (Å²) in [6.07, 6.45) is 1.09. The Balaban J connectivity index is 0.00000616. The smallest absolute Gasteiger partial charge is 0.341 e. The molecule has 0 aliphatic carbocycles. The van der Waals surface area contributed by atoms with E-state index >= 15 is 0 Å². The molecule has 1 heterocycles. The van der Waals surface area contributed by atoms with Crippen LogP contribution in [0.25, 0.3) is 0 Å². The van der Waals surface area contributed by atoms with E-state index in [4.69, 9.17) is 24.7 Å². The summed E-state index contributed by atoms with van der Waals surface area (Å²) in [5.41, 5.74) is 2.08. The van der Waals surface area contributed by atoms with E-state index in [-0.39, 0.29) is 65.8 Å². The standard InChI is InChI=1S/C30H39N3O8.BrH/c1-6-39-24-13-19-15-33(28(31)20(19)14-21(24)29(38)32-5)16-23(35)18-11-22(30(2,3)4)27(41-17-26(36)37)25(12-18)40-10-8-7-9-34;/h11-14,31,34H,6-10,15-17H2,1-5H3,(H,32,38)(H,36,37);1H. The largest absolute Gasteiger partial charge is 0.493 e. The highest BCUT2D eigenvalue weighted by atomic mass is 79.9. The van der Waals surface area contributed by atoms with Crippen LogP contribution in [0.3, 0.4) is 0 Å². The third-order valence-corrected chi connectivity index (χ3v) is 6.58. The van der Waals surface area contributed by atoms with Crippen LogP contribution < -0.4 is 19.5 Å². The number of nitrogens with one attached hydrogen (secondary N) is 2. The number of ketones is 1. The van der Waals surface area contributed by atoms with Crippen LogP contribution in [-0.4, -0.2) is 78.6 Å². The Morgan fingerprint density at radius 2 is 1.76 bits per heavy atom. The minimum atomic E-state index is -1.14. The van der Waals surface area contributed by atoms with Crippen molar-refractivity contribution in [3.63, 3.8) is 0 Å². The number of ether oxygens (including phenoxy) is 3. The Hall–Kier alpha value is -3.64. The van der Waals surface area contributed by atoms with Crippen molar-refractivity contribution >= 4 is 40.5 Å². The number of carboxylic acids is 1. The molecular weight excluding hydrogens is 610 g/mol. The summed E-state index contributed by atoms with van der Waals surface area (Å²) >= 11 is 0. The Morgan fingerprint density at radius 3 is 2.36 bits per heavy atom. The molecule has 0 atom stereocenters. The molecule has 0 saturated heterocycles. The predicted octanol–water partition coefficient (Wildman–Crippen LogP) is 3.96. The van der Waals surface area contributed by atoms with Gasteiger partial charge in [-0.2, -0.15) is 0 Å². The third-order valence-electron chi connectivity index (χ3n) is 6.58. The summed E-state index contributed by atoms with van der Waals surface area (Å²) < 4.78 is 17.2. The van der Waals surface area contributed by atoms with Crippen LogP contribution in [0.2, 0.25) is 0 Å². The number of halogens is 1. The first-order valence-corrected chi connectivity index (χ1v) is 13.6. The van der Waals surface area contributed by atoms with E-state index in [9.17, 15) is 19.5 Å². The van der Waals surface area contributed by atoms with Crippen LogP contribution in [0.1, 0.15) is 77.9 Å². The number of hydrogen-bond donors (Lipinski definition) is 4. The van der Waals surface area contributed by atoms with Gasteiger partial charge in [-0.15, -0.1) is 17.0 Å². The number of carbonyl (C=O) groups is 3. The number of rotatable bonds is 14. The molecule has 3 rings (SSSR count). The third kappa shape index (κ3) is 8.22. The summed E-state index contributed by atoms with van der Waals surface area (Å²) in [4.78, 5) is 38.9. The summed E-state index contributed by atoms with van der Waals surface area (Å²) in [5.74, 6) is -0.695. The molecule has 0 aromatic heterocycles. The van der Waals surface area contributed by atoms with Gasteiger partial charge in [-0.1, -0.05) is 20.8 Å². The number of amidine groups is 1. The van der Waals surface area contributed by atoms with Gasteiger partial charge in [-0.3, -0.25) is 15.0 Å². The van der Waals surface area contributed by atoms with Crippen molar-refractivity contribution in [1.82, 2.24) is 10.2 Å². The van der Waals surface area contributed by atoms with E-state index in [0.29, 0.717) is 54.0 Å². The lowest BCUT2D eigenvalue weighted by Gasteiger charge is -2.26. The second-order valence-electron chi connectivity index (χ2n) is 10.7. The van der Waals surface area contributed by atoms with Crippen molar-refractivity contribution in [1.29, 1.82) is 5.41 Å². The molecule has 0 unspecified atom stereocenters. The number of hydrogen-bond acceptors (Lipinski definition) is 8. The van der Waals surface area contributed by atoms with Crippen LogP contribution in [0.15, 0.2) is 24.3 Å². The number of aliphatic hydroxyl groups is 1. The molecule has 0 radical (unpaired) electrons. The zero-order chi connectivity index (χ0) is 30.3. The Kier molecular flexibility index (Phi) is 12.4. The van der Waals surface area contributed by atoms with E-state index < -0.39 is 18.0 Å². The van der Waals surface area contributed by atoms with Crippen molar-refractivity contribution in [2.45, 2.75) is 52.5 Å². The average Bonchev–Trinajstić information content (AvgIpc) is 3.22. The molecule has 42 heavy (non-hydrogen) atoms. The van der Waals surface area contributed by atoms with E-state index in [1.54, 1.807) is 23.1 Å². The minimum Gasteiger partial charge on any atom is -0.493 e. The molecule has 11 nitrogen and oxygen atoms in total. The molecule has 2 aromatic rings. The second kappa shape index (κ2) is 15.0. The summed E-state index contributed by atoms with van der Waals surface area (Å²) in [6, 6.07) is 6.59. The van der Waals surface area contributed by atoms with E-state index in [1.807, 2.05) is 27.7 Å². The van der Waals surface area contributed by atoms with Crippen molar-refractivity contribution in [3.8, 4) is 17.2 Å². The molecule has 0 saturated carbocycles. The Morgan fingerprint density at radius 1 is 1.05 bits per heavy atom. The number of nitrogens with zero attached hydrogens (tertiary/aromatic N) is 1. The number of aliphatic hydroxyl groups excluding tert-OH is 1. The van der Waals surface area contributed by atoms with Crippen LogP contribution in [0.4, 0.5) is 0 Å². The number of Topliss-reactive ketones (excluding diaryl/α,β-unsaturated/α-hetero) is 1. The number of aliphatic carboxylic acids is 1. The summed E-state index contributed by atoms with van der Waals surface area (Å²) in [7, 11) is 1.52. The molecule has 0 fully saturated rings. The van der Waals surface area contributed by atoms with E-state index in [1.165, 1.54) is 13.1 Å². The predicted molar refractivity (Wildman–Crippen MR) is 163 cm³/mol. The number of amides is 1. The molecule has 0 spiro atoms. The van der Waals surface area contributed by atoms with Gasteiger partial charge in [0.05, 0.1) is 25.3 Å². The maximum atomic E-state index is 13.6. The fourth-order valence-corrected chi connectivity index (χ4v) is 4.52. The highest BCUT2D eigenvalue weighted by Gasteiger charge is 2.31. The number of carbonyl (C=O) groups excluding carboxylic acids is 2. The molecule has 2 aromatic carbocycles. The van der Waals surface area contributed by atoms with Gasteiger partial charge in [0.25, 0.3) is 5.91 Å². The fraction of sp³-hybridized carbons (Fsp3) is 0.467. The molecule has 230 valence electrons. The van der Waals surface area contributed by atoms with Gasteiger partial charge in [0, 0.05) is 36.9 Å². The lowest BCUT2D eigenvalue weighted by atomic mass is 9.84. The minimum absolute atomic E-state index is 0. The molecule has 1 amide bonds. The fourth-order valence-electron chi connectivity index (χ4n) is 4.52. The second-order valence-corrected chi connectivity index (χ2v) is 10.7. The first kappa shape index (κ1) is 34.6. The summed E-state index contributed by atoms with van der Waals surface area (Å²) in [6.45, 7) is 7.84. The number of fused-ring (bicyclic) bond motifs is 1. The van der Waals surface area contributed by atoms with Crippen molar-refractivity contribution < 1.29 is 38.8 Å². The molecule has 4 N–H and O–H groups in total. The zero-order valence-electron chi connectivity index (χ0n) is 24.7. The molecule has 1 aliphatic rings. The summed E-state index contributed by atoms with van der Waals surface area (Å²) in [5, 5.41) is 29.6. The quantitative estimate of drug-likeness (QED) is 0.175. The number of benzene rings is 2. The van der Waals surface area contributed by atoms with E-state index in [2.05, 4.69) is 5.32 Å². The lowest BCUT2D eigenvalue weighted by Crippen LogP contribution is -2.30. The van der Waals surface area contributed by atoms with Crippen LogP contribution in [0, 0.1) is 5.41 Å². The van der Waals surface area contributed by atoms with Gasteiger partial charge in [-0.05, 0) is 55.0 Å². The average molecular weight is 651 g/mol. The Bertz CT molecular complexity index is 1320. The van der Waals surface area contributed by atoms with Crippen molar-refractivity contribution in [3.05, 3.63) is 52.1 Å². The zero-order valence-corrected chi connectivity index (χ0v) is 26.4. The monoisotopic (exact) mass is 649 g/mol. The van der Waals surface area contributed by atoms with Gasteiger partial charge >= 0.3 is 5.97 Å². The van der Waals surface area contributed by atoms with Gasteiger partial charge in [0.2, 0.25) is 0 Å². The highest BCUT2D eigenvalue weighted by Crippen LogP contribution is 2.40. The number of unbranched alkanes of at least 4 members (excludes halogenated alkanes) is 1. The van der Waals surface area contributed by atoms with Crippen molar-refractivity contribution in [2.75, 3.05) is 40.0 Å². The van der Waals surface area contributed by atoms with Crippen molar-refractivity contribution in [2.24, 2.45) is 0 Å². The van der Waals surface area contributed by atoms with Crippen LogP contribution in [0.5, 0.6) is 17.2 Å². The van der Waals surface area contributed by atoms with Crippen LogP contribution >= 0.6 is 17.0 Å².